The SMILES string of the molecule is CSCCC(NC(=O)C(N)CS)C(=O)NC(CC(N)=O)C(=O)NC(Cc1ccccc1)C(=O)O. The molecule has 0 saturated carbocycles. The van der Waals surface area contributed by atoms with Gasteiger partial charge in [-0.25, -0.2) is 4.79 Å². The van der Waals surface area contributed by atoms with E-state index in [1.54, 1.807) is 30.3 Å². The molecule has 34 heavy (non-hydrogen) atoms. The van der Waals surface area contributed by atoms with Crippen molar-refractivity contribution < 1.29 is 29.1 Å². The molecule has 188 valence electrons. The lowest BCUT2D eigenvalue weighted by atomic mass is 10.0. The van der Waals surface area contributed by atoms with Crippen LogP contribution in [0.15, 0.2) is 30.3 Å². The minimum absolute atomic E-state index is 0.00677. The van der Waals surface area contributed by atoms with Crippen molar-refractivity contribution in [1.82, 2.24) is 16.0 Å². The van der Waals surface area contributed by atoms with Crippen LogP contribution in [0.5, 0.6) is 0 Å². The molecule has 0 saturated heterocycles. The van der Waals surface area contributed by atoms with Crippen molar-refractivity contribution in [2.24, 2.45) is 11.5 Å². The number of amides is 4. The first-order valence-corrected chi connectivity index (χ1v) is 12.4. The molecule has 0 heterocycles. The summed E-state index contributed by atoms with van der Waals surface area (Å²) >= 11 is 5.40. The summed E-state index contributed by atoms with van der Waals surface area (Å²) in [6.07, 6.45) is 1.48. The second-order valence-electron chi connectivity index (χ2n) is 7.45. The third-order valence-electron chi connectivity index (χ3n) is 4.71. The summed E-state index contributed by atoms with van der Waals surface area (Å²) < 4.78 is 0. The van der Waals surface area contributed by atoms with E-state index in [-0.39, 0.29) is 18.6 Å². The molecule has 0 aromatic heterocycles. The van der Waals surface area contributed by atoms with Gasteiger partial charge in [-0.1, -0.05) is 30.3 Å². The van der Waals surface area contributed by atoms with E-state index in [0.29, 0.717) is 11.3 Å². The molecule has 8 N–H and O–H groups in total. The molecular formula is C21H31N5O6S2. The topological polar surface area (TPSA) is 194 Å². The molecule has 4 atom stereocenters. The third kappa shape index (κ3) is 10.4. The van der Waals surface area contributed by atoms with Gasteiger partial charge in [-0.3, -0.25) is 19.2 Å². The summed E-state index contributed by atoms with van der Waals surface area (Å²) in [5, 5.41) is 16.8. The number of nitrogens with two attached hydrogens (primary N) is 2. The summed E-state index contributed by atoms with van der Waals surface area (Å²) in [5.74, 6) is -3.81. The van der Waals surface area contributed by atoms with Crippen molar-refractivity contribution in [2.45, 2.75) is 43.4 Å². The van der Waals surface area contributed by atoms with Crippen LogP contribution in [-0.4, -0.2) is 76.6 Å². The Morgan fingerprint density at radius 3 is 2.06 bits per heavy atom. The van der Waals surface area contributed by atoms with Crippen LogP contribution in [0, 0.1) is 0 Å². The fraction of sp³-hybridized carbons (Fsp3) is 0.476. The van der Waals surface area contributed by atoms with Gasteiger partial charge in [0.05, 0.1) is 12.5 Å². The van der Waals surface area contributed by atoms with Gasteiger partial charge in [0.25, 0.3) is 0 Å². The zero-order chi connectivity index (χ0) is 25.7. The first-order valence-electron chi connectivity index (χ1n) is 10.4. The molecule has 4 amide bonds. The van der Waals surface area contributed by atoms with Gasteiger partial charge in [0, 0.05) is 12.2 Å². The molecule has 0 bridgehead atoms. The molecule has 13 heteroatoms. The number of rotatable bonds is 15. The molecule has 0 aliphatic carbocycles. The van der Waals surface area contributed by atoms with Crippen molar-refractivity contribution in [3.63, 3.8) is 0 Å². The number of carboxylic acid groups (broad SMARTS) is 1. The van der Waals surface area contributed by atoms with Crippen molar-refractivity contribution >= 4 is 54.0 Å². The average molecular weight is 514 g/mol. The van der Waals surface area contributed by atoms with Crippen molar-refractivity contribution in [3.8, 4) is 0 Å². The van der Waals surface area contributed by atoms with Crippen molar-refractivity contribution in [2.75, 3.05) is 17.8 Å². The first-order chi connectivity index (χ1) is 16.1. The van der Waals surface area contributed by atoms with Gasteiger partial charge in [-0.2, -0.15) is 24.4 Å². The minimum Gasteiger partial charge on any atom is -0.480 e. The van der Waals surface area contributed by atoms with Crippen LogP contribution in [-0.2, 0) is 30.4 Å². The number of thioether (sulfide) groups is 1. The molecule has 1 aromatic rings. The van der Waals surface area contributed by atoms with Crippen LogP contribution < -0.4 is 27.4 Å². The Kier molecular flexibility index (Phi) is 13.1. The predicted octanol–water partition coefficient (Wildman–Crippen LogP) is -1.35. The minimum atomic E-state index is -1.44. The third-order valence-corrected chi connectivity index (χ3v) is 5.75. The molecule has 0 aliphatic heterocycles. The van der Waals surface area contributed by atoms with Crippen LogP contribution >= 0.6 is 24.4 Å². The quantitative estimate of drug-likeness (QED) is 0.140. The van der Waals surface area contributed by atoms with Crippen LogP contribution in [0.1, 0.15) is 18.4 Å². The summed E-state index contributed by atoms with van der Waals surface area (Å²) in [6.45, 7) is 0. The highest BCUT2D eigenvalue weighted by molar-refractivity contribution is 7.98. The average Bonchev–Trinajstić information content (AvgIpc) is 2.80. The monoisotopic (exact) mass is 513 g/mol. The zero-order valence-corrected chi connectivity index (χ0v) is 20.4. The van der Waals surface area contributed by atoms with Crippen LogP contribution in [0.2, 0.25) is 0 Å². The van der Waals surface area contributed by atoms with Gasteiger partial charge in [0.2, 0.25) is 23.6 Å². The molecule has 1 rings (SSSR count). The number of carbonyl (C=O) groups excluding carboxylic acids is 4. The van der Waals surface area contributed by atoms with Crippen molar-refractivity contribution in [1.29, 1.82) is 0 Å². The Morgan fingerprint density at radius 2 is 1.53 bits per heavy atom. The summed E-state index contributed by atoms with van der Waals surface area (Å²) in [7, 11) is 0. The standard InChI is InChI=1S/C21H31N5O6S2/c1-34-8-7-14(24-18(28)13(22)11-33)19(29)25-15(10-17(23)27)20(30)26-16(21(31)32)9-12-5-3-2-4-6-12/h2-6,13-16,33H,7-11,22H2,1H3,(H2,23,27)(H,24,28)(H,25,29)(H,26,30)(H,31,32). The lowest BCUT2D eigenvalue weighted by molar-refractivity contribution is -0.142. The smallest absolute Gasteiger partial charge is 0.326 e. The lowest BCUT2D eigenvalue weighted by Gasteiger charge is -2.24. The predicted molar refractivity (Wildman–Crippen MR) is 132 cm³/mol. The highest BCUT2D eigenvalue weighted by atomic mass is 32.2. The number of carboxylic acids is 1. The van der Waals surface area contributed by atoms with E-state index in [1.165, 1.54) is 11.8 Å². The fourth-order valence-corrected chi connectivity index (χ4v) is 3.51. The second-order valence-corrected chi connectivity index (χ2v) is 8.80. The number of carbonyl (C=O) groups is 5. The molecule has 0 fully saturated rings. The molecule has 0 spiro atoms. The van der Waals surface area contributed by atoms with Gasteiger partial charge in [-0.15, -0.1) is 0 Å². The maximum absolute atomic E-state index is 12.9. The number of primary amides is 1. The van der Waals surface area contributed by atoms with Gasteiger partial charge < -0.3 is 32.5 Å². The van der Waals surface area contributed by atoms with Gasteiger partial charge >= 0.3 is 5.97 Å². The molecular weight excluding hydrogens is 482 g/mol. The van der Waals surface area contributed by atoms with Crippen LogP contribution in [0.4, 0.5) is 0 Å². The van der Waals surface area contributed by atoms with Gasteiger partial charge in [0.15, 0.2) is 0 Å². The largest absolute Gasteiger partial charge is 0.480 e. The van der Waals surface area contributed by atoms with Crippen LogP contribution in [0.3, 0.4) is 0 Å². The Hall–Kier alpha value is -2.77. The Morgan fingerprint density at radius 1 is 0.971 bits per heavy atom. The first kappa shape index (κ1) is 29.3. The Labute approximate surface area is 207 Å². The van der Waals surface area contributed by atoms with E-state index in [1.807, 2.05) is 6.26 Å². The highest BCUT2D eigenvalue weighted by Crippen LogP contribution is 2.06. The van der Waals surface area contributed by atoms with E-state index in [2.05, 4.69) is 28.6 Å². The summed E-state index contributed by atoms with van der Waals surface area (Å²) in [4.78, 5) is 61.0. The molecule has 1 aromatic carbocycles. The van der Waals surface area contributed by atoms with E-state index < -0.39 is 60.2 Å². The molecule has 0 aliphatic rings. The summed E-state index contributed by atoms with van der Waals surface area (Å²) in [6, 6.07) is 3.94. The number of thiol groups is 1. The Bertz CT molecular complexity index is 857. The fourth-order valence-electron chi connectivity index (χ4n) is 2.87. The number of nitrogens with one attached hydrogen (secondary N) is 3. The van der Waals surface area contributed by atoms with E-state index in [0.717, 1.165) is 0 Å². The van der Waals surface area contributed by atoms with E-state index in [9.17, 15) is 29.1 Å². The zero-order valence-electron chi connectivity index (χ0n) is 18.7. The highest BCUT2D eigenvalue weighted by Gasteiger charge is 2.31. The van der Waals surface area contributed by atoms with Gasteiger partial charge in [-0.05, 0) is 24.0 Å². The number of aliphatic carboxylic acids is 1. The summed E-state index contributed by atoms with van der Waals surface area (Å²) in [5.41, 5.74) is 11.6. The number of benzene rings is 1. The maximum Gasteiger partial charge on any atom is 0.326 e. The lowest BCUT2D eigenvalue weighted by Crippen LogP contribution is -2.58. The normalized spacial score (nSPS) is 14.2. The Balaban J connectivity index is 2.98. The molecule has 4 unspecified atom stereocenters. The van der Waals surface area contributed by atoms with Gasteiger partial charge in [0.1, 0.15) is 18.1 Å². The van der Waals surface area contributed by atoms with Crippen molar-refractivity contribution in [3.05, 3.63) is 35.9 Å². The molecule has 0 radical (unpaired) electrons. The number of hydrogen-bond donors (Lipinski definition) is 7. The van der Waals surface area contributed by atoms with E-state index >= 15 is 0 Å². The van der Waals surface area contributed by atoms with Crippen LogP contribution in [0.25, 0.3) is 0 Å². The maximum atomic E-state index is 12.9. The molecule has 11 nitrogen and oxygen atoms in total. The number of hydrogen-bond acceptors (Lipinski definition) is 8. The van der Waals surface area contributed by atoms with E-state index in [4.69, 9.17) is 11.5 Å². The second kappa shape index (κ2) is 15.2.